The summed E-state index contributed by atoms with van der Waals surface area (Å²) in [6, 6.07) is 14.3. The first kappa shape index (κ1) is 14.7. The van der Waals surface area contributed by atoms with Gasteiger partial charge in [-0.1, -0.05) is 34.1 Å². The number of hydrogen-bond acceptors (Lipinski definition) is 2. The van der Waals surface area contributed by atoms with Crippen molar-refractivity contribution in [3.63, 3.8) is 0 Å². The molecule has 1 atom stereocenters. The molecule has 0 aromatic heterocycles. The lowest BCUT2D eigenvalue weighted by atomic mass is 10.0. The Balaban J connectivity index is 2.40. The topological polar surface area (TPSA) is 18.5 Å². The molecule has 2 aromatic carbocycles. The lowest BCUT2D eigenvalue weighted by Crippen LogP contribution is -1.98. The summed E-state index contributed by atoms with van der Waals surface area (Å²) >= 11 is 6.06. The first-order valence-electron chi connectivity index (χ1n) is 5.77. The van der Waals surface area contributed by atoms with Gasteiger partial charge >= 0.3 is 0 Å². The summed E-state index contributed by atoms with van der Waals surface area (Å²) in [6.45, 7) is 0. The summed E-state index contributed by atoms with van der Waals surface area (Å²) in [4.78, 5) is 0.100. The fourth-order valence-electron chi connectivity index (χ4n) is 1.87. The van der Waals surface area contributed by atoms with Crippen molar-refractivity contribution in [3.8, 4) is 11.5 Å². The Hall–Kier alpha value is -0.750. The highest BCUT2D eigenvalue weighted by Crippen LogP contribution is 2.38. The molecule has 0 aliphatic heterocycles. The summed E-state index contributed by atoms with van der Waals surface area (Å²) in [5, 5.41) is 0. The van der Waals surface area contributed by atoms with E-state index in [4.69, 9.17) is 9.47 Å². The van der Waals surface area contributed by atoms with Crippen LogP contribution in [0.4, 0.5) is 0 Å². The van der Waals surface area contributed by atoms with Crippen molar-refractivity contribution in [1.82, 2.24) is 0 Å². The molecule has 0 N–H and O–H groups in total. The average Bonchev–Trinajstić information content (AvgIpc) is 2.45. The molecule has 0 heterocycles. The van der Waals surface area contributed by atoms with E-state index in [1.54, 1.807) is 14.2 Å². The largest absolute Gasteiger partial charge is 0.497 e. The van der Waals surface area contributed by atoms with E-state index >= 15 is 0 Å². The van der Waals surface area contributed by atoms with Crippen molar-refractivity contribution < 1.29 is 9.47 Å². The number of rotatable bonds is 4. The highest BCUT2D eigenvalue weighted by molar-refractivity contribution is 14.1. The first-order valence-corrected chi connectivity index (χ1v) is 7.76. The van der Waals surface area contributed by atoms with Gasteiger partial charge in [-0.3, -0.25) is 0 Å². The number of methoxy groups -OCH3 is 2. The Labute approximate surface area is 135 Å². The van der Waals surface area contributed by atoms with Crippen molar-refractivity contribution >= 4 is 38.5 Å². The molecule has 0 radical (unpaired) electrons. The molecule has 4 heteroatoms. The second-order valence-electron chi connectivity index (χ2n) is 4.03. The minimum absolute atomic E-state index is 0.100. The molecular formula is C15H14BrIO2. The summed E-state index contributed by atoms with van der Waals surface area (Å²) in [7, 11) is 3.33. The number of ether oxygens (including phenoxy) is 2. The molecule has 2 rings (SSSR count). The Kier molecular flexibility index (Phi) is 5.10. The second kappa shape index (κ2) is 6.61. The van der Waals surface area contributed by atoms with Crippen molar-refractivity contribution in [1.29, 1.82) is 0 Å². The van der Waals surface area contributed by atoms with Gasteiger partial charge in [0.15, 0.2) is 0 Å². The Morgan fingerprint density at radius 3 is 2.47 bits per heavy atom. The zero-order valence-electron chi connectivity index (χ0n) is 10.7. The van der Waals surface area contributed by atoms with E-state index in [0.717, 1.165) is 17.1 Å². The maximum absolute atomic E-state index is 5.45. The lowest BCUT2D eigenvalue weighted by Gasteiger charge is -2.16. The van der Waals surface area contributed by atoms with Crippen LogP contribution in [0.5, 0.6) is 11.5 Å². The third kappa shape index (κ3) is 3.42. The van der Waals surface area contributed by atoms with Crippen LogP contribution in [0.25, 0.3) is 0 Å². The monoisotopic (exact) mass is 432 g/mol. The minimum atomic E-state index is 0.100. The Morgan fingerprint density at radius 1 is 1.05 bits per heavy atom. The number of halogens is 2. The quantitative estimate of drug-likeness (QED) is 0.510. The molecular weight excluding hydrogens is 419 g/mol. The molecule has 0 fully saturated rings. The van der Waals surface area contributed by atoms with Crippen LogP contribution < -0.4 is 9.47 Å². The number of alkyl halides is 1. The smallest absolute Gasteiger partial charge is 0.127 e. The van der Waals surface area contributed by atoms with Crippen molar-refractivity contribution in [2.75, 3.05) is 14.2 Å². The van der Waals surface area contributed by atoms with Crippen LogP contribution in [0, 0.1) is 3.57 Å². The van der Waals surface area contributed by atoms with Gasteiger partial charge in [0.2, 0.25) is 0 Å². The molecule has 0 saturated heterocycles. The van der Waals surface area contributed by atoms with Crippen LogP contribution in [0.1, 0.15) is 16.0 Å². The van der Waals surface area contributed by atoms with Crippen LogP contribution >= 0.6 is 38.5 Å². The molecule has 2 nitrogen and oxygen atoms in total. The second-order valence-corrected chi connectivity index (χ2v) is 6.19. The van der Waals surface area contributed by atoms with Gasteiger partial charge in [0.25, 0.3) is 0 Å². The van der Waals surface area contributed by atoms with Gasteiger partial charge in [0, 0.05) is 15.2 Å². The predicted molar refractivity (Wildman–Crippen MR) is 89.5 cm³/mol. The van der Waals surface area contributed by atoms with Crippen LogP contribution in [0.3, 0.4) is 0 Å². The molecule has 0 saturated carbocycles. The van der Waals surface area contributed by atoms with Gasteiger partial charge < -0.3 is 9.47 Å². The van der Waals surface area contributed by atoms with Gasteiger partial charge in [-0.25, -0.2) is 0 Å². The number of benzene rings is 2. The van der Waals surface area contributed by atoms with Crippen molar-refractivity contribution in [2.24, 2.45) is 0 Å². The zero-order valence-corrected chi connectivity index (χ0v) is 14.4. The van der Waals surface area contributed by atoms with Crippen LogP contribution in [-0.4, -0.2) is 14.2 Å². The van der Waals surface area contributed by atoms with E-state index in [-0.39, 0.29) is 4.83 Å². The van der Waals surface area contributed by atoms with E-state index in [9.17, 15) is 0 Å². The van der Waals surface area contributed by atoms with Crippen LogP contribution in [0.15, 0.2) is 42.5 Å². The summed E-state index contributed by atoms with van der Waals surface area (Å²) in [6.07, 6.45) is 0. The maximum atomic E-state index is 5.45. The highest BCUT2D eigenvalue weighted by Gasteiger charge is 2.16. The predicted octanol–water partition coefficient (Wildman–Crippen LogP) is 4.79. The molecule has 0 amide bonds. The fraction of sp³-hybridized carbons (Fsp3) is 0.200. The summed E-state index contributed by atoms with van der Waals surface area (Å²) < 4.78 is 11.9. The fourth-order valence-corrected chi connectivity index (χ4v) is 3.10. The van der Waals surface area contributed by atoms with Gasteiger partial charge in [-0.2, -0.15) is 0 Å². The molecule has 1 unspecified atom stereocenters. The van der Waals surface area contributed by atoms with Crippen LogP contribution in [-0.2, 0) is 0 Å². The molecule has 100 valence electrons. The summed E-state index contributed by atoms with van der Waals surface area (Å²) in [5.41, 5.74) is 2.29. The molecule has 2 aromatic rings. The summed E-state index contributed by atoms with van der Waals surface area (Å²) in [5.74, 6) is 1.61. The van der Waals surface area contributed by atoms with Crippen LogP contribution in [0.2, 0.25) is 0 Å². The molecule has 0 bridgehead atoms. The van der Waals surface area contributed by atoms with Gasteiger partial charge in [0.1, 0.15) is 11.5 Å². The van der Waals surface area contributed by atoms with E-state index in [1.165, 1.54) is 9.13 Å². The van der Waals surface area contributed by atoms with E-state index in [0.29, 0.717) is 0 Å². The van der Waals surface area contributed by atoms with E-state index in [2.05, 4.69) is 62.8 Å². The molecule has 0 aliphatic rings. The number of hydrogen-bond donors (Lipinski definition) is 0. The van der Waals surface area contributed by atoms with Crippen molar-refractivity contribution in [3.05, 3.63) is 57.2 Å². The average molecular weight is 433 g/mol. The normalized spacial score (nSPS) is 12.0. The van der Waals surface area contributed by atoms with Crippen molar-refractivity contribution in [2.45, 2.75) is 4.83 Å². The van der Waals surface area contributed by atoms with Gasteiger partial charge in [0.05, 0.1) is 19.0 Å². The Bertz CT molecular complexity index is 572. The standard InChI is InChI=1S/C15H14BrIO2/c1-18-12-6-7-13(14(9-12)19-2)15(16)10-4-3-5-11(17)8-10/h3-9,15H,1-2H3. The maximum Gasteiger partial charge on any atom is 0.127 e. The van der Waals surface area contributed by atoms with E-state index in [1.807, 2.05) is 18.2 Å². The minimum Gasteiger partial charge on any atom is -0.497 e. The highest BCUT2D eigenvalue weighted by atomic mass is 127. The first-order chi connectivity index (χ1) is 9.15. The third-order valence-electron chi connectivity index (χ3n) is 2.86. The third-order valence-corrected chi connectivity index (χ3v) is 4.55. The zero-order chi connectivity index (χ0) is 13.8. The van der Waals surface area contributed by atoms with Gasteiger partial charge in [-0.15, -0.1) is 0 Å². The molecule has 19 heavy (non-hydrogen) atoms. The Morgan fingerprint density at radius 2 is 1.84 bits per heavy atom. The molecule has 0 aliphatic carbocycles. The van der Waals surface area contributed by atoms with Gasteiger partial charge in [-0.05, 0) is 46.4 Å². The van der Waals surface area contributed by atoms with E-state index < -0.39 is 0 Å². The molecule has 0 spiro atoms. The SMILES string of the molecule is COc1ccc(C(Br)c2cccc(I)c2)c(OC)c1. The lowest BCUT2D eigenvalue weighted by molar-refractivity contribution is 0.391.